The monoisotopic (exact) mass is 357 g/mol. The van der Waals surface area contributed by atoms with Crippen molar-refractivity contribution in [1.29, 1.82) is 0 Å². The number of carbonyl (C=O) groups excluding carboxylic acids is 1. The maximum atomic E-state index is 12.1. The van der Waals surface area contributed by atoms with Gasteiger partial charge < -0.3 is 9.47 Å². The Kier molecular flexibility index (Phi) is 5.30. The second-order valence-corrected chi connectivity index (χ2v) is 5.83. The number of hydrogen-bond donors (Lipinski definition) is 0. The van der Waals surface area contributed by atoms with Crippen LogP contribution in [0.3, 0.4) is 0 Å². The quantitative estimate of drug-likeness (QED) is 0.468. The van der Waals surface area contributed by atoms with E-state index in [-0.39, 0.29) is 23.5 Å². The number of ether oxygens (including phenoxy) is 2. The van der Waals surface area contributed by atoms with Crippen LogP contribution in [0, 0.1) is 10.1 Å². The molecule has 0 saturated heterocycles. The van der Waals surface area contributed by atoms with E-state index in [2.05, 4.69) is 15.9 Å². The van der Waals surface area contributed by atoms with Crippen molar-refractivity contribution in [1.82, 2.24) is 0 Å². The lowest BCUT2D eigenvalue weighted by atomic mass is 9.95. The lowest BCUT2D eigenvalue weighted by Crippen LogP contribution is -2.29. The van der Waals surface area contributed by atoms with Crippen molar-refractivity contribution in [3.63, 3.8) is 0 Å². The van der Waals surface area contributed by atoms with E-state index in [1.807, 2.05) is 0 Å². The molecule has 1 saturated carbocycles. The number of nitrogens with zero attached hydrogens (tertiary/aromatic N) is 1. The van der Waals surface area contributed by atoms with E-state index in [0.29, 0.717) is 10.9 Å². The Morgan fingerprint density at radius 1 is 1.38 bits per heavy atom. The minimum Gasteiger partial charge on any atom is -0.459 e. The average molecular weight is 358 g/mol. The Labute approximate surface area is 130 Å². The molecule has 0 radical (unpaired) electrons. The molecule has 21 heavy (non-hydrogen) atoms. The number of esters is 1. The summed E-state index contributed by atoms with van der Waals surface area (Å²) < 4.78 is 11.0. The summed E-state index contributed by atoms with van der Waals surface area (Å²) in [4.78, 5) is 22.4. The van der Waals surface area contributed by atoms with Gasteiger partial charge in [0.2, 0.25) is 0 Å². The molecule has 7 heteroatoms. The summed E-state index contributed by atoms with van der Waals surface area (Å²) in [5.41, 5.74) is 0.0345. The molecule has 1 fully saturated rings. The van der Waals surface area contributed by atoms with Gasteiger partial charge in [-0.05, 0) is 47.3 Å². The molecule has 0 amide bonds. The van der Waals surface area contributed by atoms with Gasteiger partial charge in [0.25, 0.3) is 5.69 Å². The van der Waals surface area contributed by atoms with Gasteiger partial charge in [-0.3, -0.25) is 10.1 Å². The van der Waals surface area contributed by atoms with E-state index < -0.39 is 10.9 Å². The summed E-state index contributed by atoms with van der Waals surface area (Å²) in [5.74, 6) is -0.535. The normalized spacial score (nSPS) is 21.8. The molecular formula is C14H16BrNO5. The molecule has 1 aliphatic carbocycles. The zero-order valence-electron chi connectivity index (χ0n) is 11.6. The maximum Gasteiger partial charge on any atom is 0.338 e. The maximum absolute atomic E-state index is 12.1. The topological polar surface area (TPSA) is 78.7 Å². The van der Waals surface area contributed by atoms with Crippen LogP contribution in [0.4, 0.5) is 5.69 Å². The molecule has 1 aromatic carbocycles. The second kappa shape index (κ2) is 7.00. The average Bonchev–Trinajstić information content (AvgIpc) is 2.47. The van der Waals surface area contributed by atoms with Gasteiger partial charge in [0.15, 0.2) is 0 Å². The van der Waals surface area contributed by atoms with Crippen LogP contribution in [0.25, 0.3) is 0 Å². The highest BCUT2D eigenvalue weighted by atomic mass is 79.9. The van der Waals surface area contributed by atoms with Gasteiger partial charge in [-0.2, -0.15) is 0 Å². The SMILES string of the molecule is COC1CCCC(OC(=O)c2ccc(Br)c([N+](=O)[O-])c2)C1. The molecule has 2 unspecified atom stereocenters. The van der Waals surface area contributed by atoms with Crippen molar-refractivity contribution in [2.75, 3.05) is 7.11 Å². The van der Waals surface area contributed by atoms with Crippen molar-refractivity contribution < 1.29 is 19.2 Å². The first-order valence-corrected chi connectivity index (χ1v) is 7.48. The van der Waals surface area contributed by atoms with Gasteiger partial charge >= 0.3 is 5.97 Å². The highest BCUT2D eigenvalue weighted by Crippen LogP contribution is 2.27. The van der Waals surface area contributed by atoms with E-state index in [0.717, 1.165) is 19.3 Å². The smallest absolute Gasteiger partial charge is 0.338 e. The van der Waals surface area contributed by atoms with Crippen LogP contribution in [0.5, 0.6) is 0 Å². The fraction of sp³-hybridized carbons (Fsp3) is 0.500. The Hall–Kier alpha value is -1.47. The minimum atomic E-state index is -0.539. The number of nitro groups is 1. The van der Waals surface area contributed by atoms with Crippen molar-refractivity contribution in [2.24, 2.45) is 0 Å². The van der Waals surface area contributed by atoms with Crippen molar-refractivity contribution in [3.8, 4) is 0 Å². The van der Waals surface area contributed by atoms with E-state index in [4.69, 9.17) is 9.47 Å². The largest absolute Gasteiger partial charge is 0.459 e. The van der Waals surface area contributed by atoms with Crippen LogP contribution in [0.2, 0.25) is 0 Å². The predicted molar refractivity (Wildman–Crippen MR) is 79.3 cm³/mol. The summed E-state index contributed by atoms with van der Waals surface area (Å²) in [6, 6.07) is 4.21. The second-order valence-electron chi connectivity index (χ2n) is 4.97. The lowest BCUT2D eigenvalue weighted by molar-refractivity contribution is -0.385. The Balaban J connectivity index is 2.06. The molecule has 6 nitrogen and oxygen atoms in total. The van der Waals surface area contributed by atoms with Gasteiger partial charge in [-0.15, -0.1) is 0 Å². The van der Waals surface area contributed by atoms with Crippen LogP contribution in [-0.4, -0.2) is 30.2 Å². The number of benzene rings is 1. The lowest BCUT2D eigenvalue weighted by Gasteiger charge is -2.27. The fourth-order valence-electron chi connectivity index (χ4n) is 2.42. The molecule has 114 valence electrons. The van der Waals surface area contributed by atoms with Crippen LogP contribution < -0.4 is 0 Å². The van der Waals surface area contributed by atoms with Crippen molar-refractivity contribution >= 4 is 27.6 Å². The van der Waals surface area contributed by atoms with Gasteiger partial charge in [-0.25, -0.2) is 4.79 Å². The molecule has 0 heterocycles. The number of hydrogen-bond acceptors (Lipinski definition) is 5. The fourth-order valence-corrected chi connectivity index (χ4v) is 2.81. The third-order valence-corrected chi connectivity index (χ3v) is 4.23. The molecule has 1 aliphatic rings. The zero-order valence-corrected chi connectivity index (χ0v) is 13.2. The number of rotatable bonds is 4. The molecule has 2 rings (SSSR count). The number of methoxy groups -OCH3 is 1. The number of nitro benzene ring substituents is 1. The number of carbonyl (C=O) groups is 1. The Bertz CT molecular complexity index is 548. The summed E-state index contributed by atoms with van der Waals surface area (Å²) in [5, 5.41) is 10.9. The third kappa shape index (κ3) is 4.01. The first-order chi connectivity index (χ1) is 10.0. The minimum absolute atomic E-state index is 0.107. The number of halogens is 1. The molecular weight excluding hydrogens is 342 g/mol. The summed E-state index contributed by atoms with van der Waals surface area (Å²) in [6.07, 6.45) is 3.28. The summed E-state index contributed by atoms with van der Waals surface area (Å²) in [7, 11) is 1.65. The highest BCUT2D eigenvalue weighted by molar-refractivity contribution is 9.10. The van der Waals surface area contributed by atoms with Gasteiger partial charge in [0.1, 0.15) is 6.10 Å². The van der Waals surface area contributed by atoms with Crippen molar-refractivity contribution in [2.45, 2.75) is 37.9 Å². The molecule has 0 aromatic heterocycles. The molecule has 0 spiro atoms. The standard InChI is InChI=1S/C14H16BrNO5/c1-20-10-3-2-4-11(8-10)21-14(17)9-5-6-12(15)13(7-9)16(18)19/h5-7,10-11H,2-4,8H2,1H3. The van der Waals surface area contributed by atoms with E-state index in [9.17, 15) is 14.9 Å². The molecule has 2 atom stereocenters. The highest BCUT2D eigenvalue weighted by Gasteiger charge is 2.26. The van der Waals surface area contributed by atoms with E-state index in [1.54, 1.807) is 7.11 Å². The first-order valence-electron chi connectivity index (χ1n) is 6.69. The molecule has 0 aliphatic heterocycles. The molecule has 1 aromatic rings. The summed E-state index contributed by atoms with van der Waals surface area (Å²) in [6.45, 7) is 0. The predicted octanol–water partition coefficient (Wildman–Crippen LogP) is 3.47. The Morgan fingerprint density at radius 3 is 2.76 bits per heavy atom. The van der Waals surface area contributed by atoms with Gasteiger partial charge in [0, 0.05) is 19.6 Å². The van der Waals surface area contributed by atoms with Gasteiger partial charge in [-0.1, -0.05) is 0 Å². The van der Waals surface area contributed by atoms with E-state index >= 15 is 0 Å². The van der Waals surface area contributed by atoms with Crippen LogP contribution in [0.1, 0.15) is 36.0 Å². The first kappa shape index (κ1) is 15.9. The van der Waals surface area contributed by atoms with Crippen LogP contribution in [-0.2, 0) is 9.47 Å². The van der Waals surface area contributed by atoms with Crippen molar-refractivity contribution in [3.05, 3.63) is 38.3 Å². The van der Waals surface area contributed by atoms with Gasteiger partial charge in [0.05, 0.1) is 21.1 Å². The molecule has 0 bridgehead atoms. The van der Waals surface area contributed by atoms with E-state index in [1.165, 1.54) is 18.2 Å². The van der Waals surface area contributed by atoms with Crippen LogP contribution >= 0.6 is 15.9 Å². The summed E-state index contributed by atoms with van der Waals surface area (Å²) >= 11 is 3.09. The van der Waals surface area contributed by atoms with Crippen LogP contribution in [0.15, 0.2) is 22.7 Å². The Morgan fingerprint density at radius 2 is 2.10 bits per heavy atom. The molecule has 0 N–H and O–H groups in total. The zero-order chi connectivity index (χ0) is 15.4. The third-order valence-electron chi connectivity index (χ3n) is 3.56.